The van der Waals surface area contributed by atoms with Crippen molar-refractivity contribution in [2.75, 3.05) is 11.1 Å². The molecule has 2 amide bonds. The van der Waals surface area contributed by atoms with Crippen molar-refractivity contribution < 1.29 is 9.59 Å². The first kappa shape index (κ1) is 21.2. The van der Waals surface area contributed by atoms with E-state index in [-0.39, 0.29) is 34.9 Å². The van der Waals surface area contributed by atoms with E-state index in [4.69, 9.17) is 0 Å². The van der Waals surface area contributed by atoms with Gasteiger partial charge in [-0.1, -0.05) is 31.0 Å². The first-order chi connectivity index (χ1) is 13.9. The number of nitrogens with one attached hydrogen (secondary N) is 2. The number of para-hydroxylation sites is 1. The number of benzene rings is 1. The average molecular weight is 417 g/mol. The lowest BCUT2D eigenvalue weighted by molar-refractivity contribution is -0.119. The number of rotatable bonds is 7. The number of hydrogen-bond acceptors (Lipinski definition) is 4. The van der Waals surface area contributed by atoms with Crippen molar-refractivity contribution in [1.29, 1.82) is 0 Å². The van der Waals surface area contributed by atoms with Gasteiger partial charge < -0.3 is 10.6 Å². The number of anilines is 1. The van der Waals surface area contributed by atoms with Gasteiger partial charge in [0.2, 0.25) is 11.8 Å². The van der Waals surface area contributed by atoms with Crippen molar-refractivity contribution >= 4 is 29.3 Å². The van der Waals surface area contributed by atoms with Crippen LogP contribution in [0.25, 0.3) is 5.69 Å². The predicted octanol–water partition coefficient (Wildman–Crippen LogP) is 2.60. The Balaban J connectivity index is 1.62. The monoisotopic (exact) mass is 416 g/mol. The molecule has 2 N–H and O–H groups in total. The summed E-state index contributed by atoms with van der Waals surface area (Å²) in [7, 11) is 1.78. The van der Waals surface area contributed by atoms with E-state index < -0.39 is 5.25 Å². The largest absolute Gasteiger partial charge is 0.353 e. The van der Waals surface area contributed by atoms with Crippen LogP contribution in [0.1, 0.15) is 38.3 Å². The van der Waals surface area contributed by atoms with Crippen molar-refractivity contribution in [1.82, 2.24) is 14.7 Å². The third kappa shape index (κ3) is 4.93. The number of aromatic nitrogens is 2. The fraction of sp³-hybridized carbons (Fsp3) is 0.476. The number of nitrogens with zero attached hydrogens (tertiary/aromatic N) is 2. The van der Waals surface area contributed by atoms with Crippen LogP contribution in [0.4, 0.5) is 5.69 Å². The molecule has 7 nitrogen and oxygen atoms in total. The Morgan fingerprint density at radius 3 is 2.52 bits per heavy atom. The van der Waals surface area contributed by atoms with Crippen LogP contribution in [-0.2, 0) is 16.6 Å². The van der Waals surface area contributed by atoms with Crippen LogP contribution in [0.3, 0.4) is 0 Å². The first-order valence-electron chi connectivity index (χ1n) is 9.94. The summed E-state index contributed by atoms with van der Waals surface area (Å²) in [5.74, 6) is -0.0915. The highest BCUT2D eigenvalue weighted by molar-refractivity contribution is 8.01. The van der Waals surface area contributed by atoms with E-state index in [2.05, 4.69) is 10.6 Å². The summed E-state index contributed by atoms with van der Waals surface area (Å²) in [6, 6.07) is 9.56. The quantitative estimate of drug-likeness (QED) is 0.727. The summed E-state index contributed by atoms with van der Waals surface area (Å²) in [6.45, 7) is 3.54. The van der Waals surface area contributed by atoms with Crippen LogP contribution in [0.15, 0.2) is 35.1 Å². The van der Waals surface area contributed by atoms with Gasteiger partial charge in [0.1, 0.15) is 5.69 Å². The molecule has 0 unspecified atom stereocenters. The van der Waals surface area contributed by atoms with Crippen LogP contribution in [0, 0.1) is 6.92 Å². The lowest BCUT2D eigenvalue weighted by Crippen LogP contribution is -2.35. The van der Waals surface area contributed by atoms with Crippen LogP contribution in [0.5, 0.6) is 0 Å². The van der Waals surface area contributed by atoms with Gasteiger partial charge >= 0.3 is 0 Å². The first-order valence-corrected chi connectivity index (χ1v) is 11.0. The van der Waals surface area contributed by atoms with E-state index >= 15 is 0 Å². The number of carbonyl (C=O) groups excluding carboxylic acids is 2. The molecule has 0 radical (unpaired) electrons. The molecule has 1 saturated carbocycles. The summed E-state index contributed by atoms with van der Waals surface area (Å²) in [5, 5.41) is 5.33. The smallest absolute Gasteiger partial charge is 0.295 e. The maximum Gasteiger partial charge on any atom is 0.295 e. The molecule has 2 aromatic rings. The molecule has 1 aromatic heterocycles. The number of hydrogen-bond donors (Lipinski definition) is 2. The Bertz CT molecular complexity index is 929. The SMILES string of the molecule is Cc1c(NC(=O)[C@@H](C)SCC(=O)NC2CCCC2)c(=O)n(-c2ccccc2)n1C. The molecule has 1 heterocycles. The average Bonchev–Trinajstić information content (AvgIpc) is 3.29. The minimum Gasteiger partial charge on any atom is -0.353 e. The summed E-state index contributed by atoms with van der Waals surface area (Å²) in [5.41, 5.74) is 1.39. The topological polar surface area (TPSA) is 85.1 Å². The van der Waals surface area contributed by atoms with Gasteiger partial charge in [-0.2, -0.15) is 0 Å². The molecule has 1 fully saturated rings. The van der Waals surface area contributed by atoms with E-state index in [0.29, 0.717) is 5.69 Å². The number of thioether (sulfide) groups is 1. The Morgan fingerprint density at radius 1 is 1.21 bits per heavy atom. The number of carbonyl (C=O) groups is 2. The molecule has 1 atom stereocenters. The maximum atomic E-state index is 12.9. The van der Waals surface area contributed by atoms with Crippen molar-refractivity contribution in [3.8, 4) is 5.69 Å². The Labute approximate surface area is 174 Å². The Morgan fingerprint density at radius 2 is 1.86 bits per heavy atom. The van der Waals surface area contributed by atoms with Crippen LogP contribution in [0.2, 0.25) is 0 Å². The molecule has 8 heteroatoms. The molecular weight excluding hydrogens is 388 g/mol. The zero-order chi connectivity index (χ0) is 21.0. The molecule has 156 valence electrons. The van der Waals surface area contributed by atoms with Gasteiger partial charge in [0.15, 0.2) is 0 Å². The van der Waals surface area contributed by atoms with Gasteiger partial charge in [-0.15, -0.1) is 11.8 Å². The normalized spacial score (nSPS) is 15.3. The zero-order valence-electron chi connectivity index (χ0n) is 17.1. The summed E-state index contributed by atoms with van der Waals surface area (Å²) in [6.07, 6.45) is 4.39. The molecular formula is C21H28N4O3S. The molecule has 1 aliphatic carbocycles. The van der Waals surface area contributed by atoms with Crippen LogP contribution < -0.4 is 16.2 Å². The standard InChI is InChI=1S/C21H28N4O3S/c1-14-19(21(28)25(24(14)3)17-11-5-4-6-12-17)23-20(27)15(2)29-13-18(26)22-16-9-7-8-10-16/h4-6,11-12,15-16H,7-10,13H2,1-3H3,(H,22,26)(H,23,27)/t15-/m1/s1. The van der Waals surface area contributed by atoms with E-state index in [0.717, 1.165) is 31.4 Å². The Kier molecular flexibility index (Phi) is 6.84. The van der Waals surface area contributed by atoms with Crippen molar-refractivity contribution in [2.24, 2.45) is 7.05 Å². The third-order valence-electron chi connectivity index (χ3n) is 5.36. The van der Waals surface area contributed by atoms with E-state index in [1.807, 2.05) is 30.3 Å². The van der Waals surface area contributed by atoms with E-state index in [1.165, 1.54) is 16.4 Å². The molecule has 29 heavy (non-hydrogen) atoms. The molecule has 1 aromatic carbocycles. The predicted molar refractivity (Wildman–Crippen MR) is 117 cm³/mol. The summed E-state index contributed by atoms with van der Waals surface area (Å²) < 4.78 is 3.25. The zero-order valence-corrected chi connectivity index (χ0v) is 17.9. The lowest BCUT2D eigenvalue weighted by Gasteiger charge is -2.14. The van der Waals surface area contributed by atoms with Gasteiger partial charge in [-0.05, 0) is 38.8 Å². The molecule has 1 aliphatic rings. The lowest BCUT2D eigenvalue weighted by atomic mass is 10.2. The van der Waals surface area contributed by atoms with Gasteiger partial charge in [0.25, 0.3) is 5.56 Å². The van der Waals surface area contributed by atoms with E-state index in [9.17, 15) is 14.4 Å². The Hall–Kier alpha value is -2.48. The highest BCUT2D eigenvalue weighted by atomic mass is 32.2. The fourth-order valence-electron chi connectivity index (χ4n) is 3.55. The number of amides is 2. The second kappa shape index (κ2) is 9.35. The summed E-state index contributed by atoms with van der Waals surface area (Å²) >= 11 is 1.27. The summed E-state index contributed by atoms with van der Waals surface area (Å²) in [4.78, 5) is 37.6. The minimum absolute atomic E-state index is 0.0381. The van der Waals surface area contributed by atoms with Crippen molar-refractivity contribution in [3.63, 3.8) is 0 Å². The van der Waals surface area contributed by atoms with Crippen LogP contribution >= 0.6 is 11.8 Å². The van der Waals surface area contributed by atoms with Gasteiger partial charge in [-0.25, -0.2) is 4.68 Å². The molecule has 3 rings (SSSR count). The van der Waals surface area contributed by atoms with Gasteiger partial charge in [0, 0.05) is 13.1 Å². The molecule has 0 spiro atoms. The molecule has 0 aliphatic heterocycles. The molecule has 0 bridgehead atoms. The molecule has 0 saturated heterocycles. The van der Waals surface area contributed by atoms with Crippen molar-refractivity contribution in [3.05, 3.63) is 46.4 Å². The maximum absolute atomic E-state index is 12.9. The second-order valence-electron chi connectivity index (χ2n) is 7.43. The van der Waals surface area contributed by atoms with Gasteiger partial charge in [-0.3, -0.25) is 19.1 Å². The second-order valence-corrected chi connectivity index (χ2v) is 8.76. The highest BCUT2D eigenvalue weighted by Crippen LogP contribution is 2.19. The van der Waals surface area contributed by atoms with E-state index in [1.54, 1.807) is 25.6 Å². The highest BCUT2D eigenvalue weighted by Gasteiger charge is 2.22. The fourth-order valence-corrected chi connectivity index (χ4v) is 4.25. The van der Waals surface area contributed by atoms with Gasteiger partial charge in [0.05, 0.1) is 22.4 Å². The van der Waals surface area contributed by atoms with Crippen LogP contribution in [-0.4, -0.2) is 38.2 Å². The van der Waals surface area contributed by atoms with Crippen molar-refractivity contribution in [2.45, 2.75) is 50.8 Å². The third-order valence-corrected chi connectivity index (χ3v) is 6.50. The minimum atomic E-state index is -0.450.